The number of benzene rings is 7. The highest BCUT2D eigenvalue weighted by Crippen LogP contribution is 2.51. The van der Waals surface area contributed by atoms with Crippen LogP contribution in [0.3, 0.4) is 0 Å². The summed E-state index contributed by atoms with van der Waals surface area (Å²) in [4.78, 5) is 14.9. The van der Waals surface area contributed by atoms with E-state index >= 15 is 0 Å². The number of hydrogen-bond acceptors (Lipinski definition) is 7. The van der Waals surface area contributed by atoms with Crippen LogP contribution in [0.5, 0.6) is 23.0 Å². The standard InChI is InChI=1S/C54H42O7P2.2C2H6/c1-2-3-15-39-21-14-27-52-48(39)36-49-45-22-9-8-18-40(45)30-33-53(49)61-63(60-52)59-51-26-13-11-24-47(51)54(55)46-23-10-12-25-50(46)58-62(56-43-31-28-37-16-4-6-19-41(37)34-43)57-44-32-29-38-17-5-7-20-42(38)35-44;2*1-2/h2-11,13-20,22-24,26-35H,12,21,25,36H2,1H3;2*1-2H3/b3-2-,39-15+;;. The Bertz CT molecular complexity index is 3010. The van der Waals surface area contributed by atoms with Crippen LogP contribution < -0.4 is 18.1 Å². The van der Waals surface area contributed by atoms with Crippen molar-refractivity contribution >= 4 is 55.3 Å². The number of hydrogen-bond donors (Lipinski definition) is 0. The van der Waals surface area contributed by atoms with Gasteiger partial charge in [-0.2, -0.15) is 0 Å². The van der Waals surface area contributed by atoms with Crippen LogP contribution in [0.4, 0.5) is 0 Å². The Labute approximate surface area is 396 Å². The van der Waals surface area contributed by atoms with Gasteiger partial charge in [0.25, 0.3) is 0 Å². The predicted molar refractivity (Wildman–Crippen MR) is 277 cm³/mol. The molecule has 0 fully saturated rings. The first-order valence-corrected chi connectivity index (χ1v) is 25.2. The molecule has 0 bridgehead atoms. The zero-order chi connectivity index (χ0) is 46.5. The summed E-state index contributed by atoms with van der Waals surface area (Å²) >= 11 is 0. The molecule has 1 unspecified atom stereocenters. The smallest absolute Gasteiger partial charge is 0.412 e. The molecular formula is C58H54O7P2. The highest BCUT2D eigenvalue weighted by Gasteiger charge is 2.32. The van der Waals surface area contributed by atoms with Gasteiger partial charge in [0, 0.05) is 24.0 Å². The fourth-order valence-electron chi connectivity index (χ4n) is 7.99. The summed E-state index contributed by atoms with van der Waals surface area (Å²) in [6.07, 6.45) is 16.7. The molecule has 9 heteroatoms. The van der Waals surface area contributed by atoms with Gasteiger partial charge in [0.15, 0.2) is 5.78 Å². The molecule has 67 heavy (non-hydrogen) atoms. The molecule has 10 rings (SSSR count). The van der Waals surface area contributed by atoms with Gasteiger partial charge >= 0.3 is 17.2 Å². The van der Waals surface area contributed by atoms with Gasteiger partial charge in [0.05, 0.1) is 11.1 Å². The van der Waals surface area contributed by atoms with Crippen molar-refractivity contribution in [1.29, 1.82) is 0 Å². The quantitative estimate of drug-likeness (QED) is 0.0945. The van der Waals surface area contributed by atoms with Gasteiger partial charge in [-0.1, -0.05) is 167 Å². The number of carbonyl (C=O) groups is 1. The molecular weight excluding hydrogens is 871 g/mol. The summed E-state index contributed by atoms with van der Waals surface area (Å²) in [6, 6.07) is 47.5. The Hall–Kier alpha value is -6.91. The van der Waals surface area contributed by atoms with Gasteiger partial charge < -0.3 is 27.1 Å². The second-order valence-electron chi connectivity index (χ2n) is 15.2. The Morgan fingerprint density at radius 3 is 1.99 bits per heavy atom. The lowest BCUT2D eigenvalue weighted by Gasteiger charge is -2.28. The molecule has 0 spiro atoms. The van der Waals surface area contributed by atoms with E-state index in [0.29, 0.717) is 64.9 Å². The lowest BCUT2D eigenvalue weighted by molar-refractivity contribution is 0.103. The first-order valence-electron chi connectivity index (χ1n) is 23.0. The summed E-state index contributed by atoms with van der Waals surface area (Å²) < 4.78 is 39.7. The molecule has 0 radical (unpaired) electrons. The molecule has 7 aromatic carbocycles. The van der Waals surface area contributed by atoms with E-state index in [-0.39, 0.29) is 5.78 Å². The zero-order valence-electron chi connectivity index (χ0n) is 38.5. The summed E-state index contributed by atoms with van der Waals surface area (Å²) in [5.74, 6) is 3.07. The molecule has 0 aromatic heterocycles. The molecule has 1 atom stereocenters. The molecule has 0 amide bonds. The fraction of sp³-hybridized carbons (Fsp3) is 0.155. The number of para-hydroxylation sites is 1. The molecule has 0 N–H and O–H groups in total. The largest absolute Gasteiger partial charge is 0.530 e. The predicted octanol–water partition coefficient (Wildman–Crippen LogP) is 17.4. The minimum Gasteiger partial charge on any atom is -0.412 e. The lowest BCUT2D eigenvalue weighted by atomic mass is 9.89. The van der Waals surface area contributed by atoms with E-state index in [0.717, 1.165) is 55.4 Å². The van der Waals surface area contributed by atoms with E-state index < -0.39 is 17.2 Å². The van der Waals surface area contributed by atoms with Crippen LogP contribution in [-0.2, 0) is 15.5 Å². The third-order valence-corrected chi connectivity index (χ3v) is 13.3. The number of fused-ring (bicyclic) bond motifs is 5. The summed E-state index contributed by atoms with van der Waals surface area (Å²) in [5.41, 5.74) is 4.02. The Morgan fingerprint density at radius 1 is 0.657 bits per heavy atom. The maximum absolute atomic E-state index is 14.9. The molecule has 338 valence electrons. The maximum Gasteiger partial charge on any atom is 0.530 e. The van der Waals surface area contributed by atoms with Crippen LogP contribution >= 0.6 is 17.2 Å². The van der Waals surface area contributed by atoms with Crippen molar-refractivity contribution in [3.8, 4) is 23.0 Å². The Kier molecular flexibility index (Phi) is 15.7. The first-order chi connectivity index (χ1) is 33.1. The average molecular weight is 925 g/mol. The van der Waals surface area contributed by atoms with Crippen LogP contribution in [0, 0.1) is 0 Å². The molecule has 0 saturated carbocycles. The van der Waals surface area contributed by atoms with E-state index in [2.05, 4.69) is 48.6 Å². The van der Waals surface area contributed by atoms with Crippen molar-refractivity contribution in [1.82, 2.24) is 0 Å². The summed E-state index contributed by atoms with van der Waals surface area (Å²) in [5, 5.41) is 6.45. The van der Waals surface area contributed by atoms with Crippen molar-refractivity contribution in [2.45, 2.75) is 60.3 Å². The normalized spacial score (nSPS) is 15.9. The number of Topliss-reactive ketones (excluding diaryl/α,β-unsaturated/α-hetero) is 1. The number of allylic oxidation sites excluding steroid dienone is 11. The second kappa shape index (κ2) is 22.5. The van der Waals surface area contributed by atoms with Crippen molar-refractivity contribution in [3.63, 3.8) is 0 Å². The highest BCUT2D eigenvalue weighted by molar-refractivity contribution is 7.43. The second-order valence-corrected chi connectivity index (χ2v) is 17.2. The van der Waals surface area contributed by atoms with Crippen LogP contribution in [0.25, 0.3) is 32.3 Å². The average Bonchev–Trinajstić information content (AvgIpc) is 3.37. The van der Waals surface area contributed by atoms with Gasteiger partial charge in [-0.15, -0.1) is 0 Å². The van der Waals surface area contributed by atoms with Gasteiger partial charge in [-0.25, -0.2) is 0 Å². The van der Waals surface area contributed by atoms with Crippen molar-refractivity contribution in [2.75, 3.05) is 0 Å². The van der Waals surface area contributed by atoms with Gasteiger partial charge in [-0.3, -0.25) is 4.79 Å². The number of rotatable bonds is 11. The molecule has 7 aromatic rings. The van der Waals surface area contributed by atoms with Crippen molar-refractivity contribution in [2.24, 2.45) is 0 Å². The number of carbonyl (C=O) groups excluding carboxylic acids is 1. The highest BCUT2D eigenvalue weighted by atomic mass is 31.2. The molecule has 1 aliphatic heterocycles. The van der Waals surface area contributed by atoms with Crippen molar-refractivity contribution in [3.05, 3.63) is 227 Å². The van der Waals surface area contributed by atoms with Gasteiger partial charge in [0.1, 0.15) is 34.5 Å². The van der Waals surface area contributed by atoms with Gasteiger partial charge in [-0.05, 0) is 106 Å². The summed E-state index contributed by atoms with van der Waals surface area (Å²) in [6.45, 7) is 10.0. The SMILES string of the molecule is C/C=C\C=C1/CC=CC2=C1Cc1c(ccc3ccccc13)OP(Oc1ccccc1C(=O)C1=C(OP(Oc3ccc4ccccc4c3)Oc3ccc4ccccc4c3)CCC=C1)O2.CC.CC. The van der Waals surface area contributed by atoms with Crippen LogP contribution in [0.1, 0.15) is 69.8 Å². The Morgan fingerprint density at radius 2 is 1.28 bits per heavy atom. The van der Waals surface area contributed by atoms with E-state index in [1.54, 1.807) is 12.1 Å². The Balaban J connectivity index is 0.00000148. The molecule has 0 saturated heterocycles. The van der Waals surface area contributed by atoms with Crippen LogP contribution in [0.15, 0.2) is 216 Å². The minimum atomic E-state index is -2.08. The summed E-state index contributed by atoms with van der Waals surface area (Å²) in [7, 11) is -4.16. The third kappa shape index (κ3) is 10.9. The van der Waals surface area contributed by atoms with Gasteiger partial charge in [0.2, 0.25) is 0 Å². The zero-order valence-corrected chi connectivity index (χ0v) is 40.3. The van der Waals surface area contributed by atoms with Crippen molar-refractivity contribution < 1.29 is 31.9 Å². The topological polar surface area (TPSA) is 72.5 Å². The van der Waals surface area contributed by atoms with E-state index in [4.69, 9.17) is 27.1 Å². The minimum absolute atomic E-state index is 0.273. The first kappa shape index (κ1) is 46.6. The van der Waals surface area contributed by atoms with Crippen LogP contribution in [0.2, 0.25) is 0 Å². The maximum atomic E-state index is 14.9. The van der Waals surface area contributed by atoms with E-state index in [1.165, 1.54) is 0 Å². The lowest BCUT2D eigenvalue weighted by Crippen LogP contribution is -2.13. The fourth-order valence-corrected chi connectivity index (χ4v) is 10.1. The molecule has 1 heterocycles. The van der Waals surface area contributed by atoms with E-state index in [9.17, 15) is 4.79 Å². The third-order valence-electron chi connectivity index (χ3n) is 11.1. The van der Waals surface area contributed by atoms with E-state index in [1.807, 2.05) is 162 Å². The number of ketones is 1. The molecule has 2 aliphatic carbocycles. The molecule has 3 aliphatic rings. The van der Waals surface area contributed by atoms with Crippen LogP contribution in [-0.4, -0.2) is 5.78 Å². The monoisotopic (exact) mass is 924 g/mol. The molecule has 7 nitrogen and oxygen atoms in total.